The summed E-state index contributed by atoms with van der Waals surface area (Å²) in [5.74, 6) is 0. The SMILES string of the molecule is CO[C@H]1[C@@H](O)Cc2ccccc2C1(C)C. The summed E-state index contributed by atoms with van der Waals surface area (Å²) < 4.78 is 5.43. The molecular weight excluding hydrogens is 188 g/mol. The highest BCUT2D eigenvalue weighted by Crippen LogP contribution is 2.38. The number of fused-ring (bicyclic) bond motifs is 1. The molecular formula is C13H18O2. The van der Waals surface area contributed by atoms with E-state index in [0.29, 0.717) is 6.42 Å². The molecule has 2 heteroatoms. The van der Waals surface area contributed by atoms with E-state index in [1.54, 1.807) is 7.11 Å². The molecule has 2 rings (SSSR count). The molecule has 0 aromatic heterocycles. The largest absolute Gasteiger partial charge is 0.390 e. The standard InChI is InChI=1S/C13H18O2/c1-13(2)10-7-5-4-6-9(10)8-11(14)12(13)15-3/h4-7,11-12,14H,8H2,1-3H3/t11-,12-/m0/s1. The van der Waals surface area contributed by atoms with Gasteiger partial charge in [-0.25, -0.2) is 0 Å². The number of rotatable bonds is 1. The molecule has 2 nitrogen and oxygen atoms in total. The Morgan fingerprint density at radius 1 is 1.33 bits per heavy atom. The minimum absolute atomic E-state index is 0.118. The maximum Gasteiger partial charge on any atom is 0.0924 e. The average Bonchev–Trinajstić information content (AvgIpc) is 2.17. The molecule has 15 heavy (non-hydrogen) atoms. The van der Waals surface area contributed by atoms with Crippen LogP contribution in [0.1, 0.15) is 25.0 Å². The lowest BCUT2D eigenvalue weighted by molar-refractivity contribution is -0.0571. The van der Waals surface area contributed by atoms with E-state index in [1.165, 1.54) is 11.1 Å². The van der Waals surface area contributed by atoms with Gasteiger partial charge in [0.25, 0.3) is 0 Å². The molecule has 0 bridgehead atoms. The molecule has 1 N–H and O–H groups in total. The Labute approximate surface area is 90.9 Å². The van der Waals surface area contributed by atoms with E-state index in [0.717, 1.165) is 0 Å². The summed E-state index contributed by atoms with van der Waals surface area (Å²) in [6.07, 6.45) is 0.172. The van der Waals surface area contributed by atoms with E-state index < -0.39 is 6.10 Å². The molecule has 1 aromatic rings. The second-order valence-electron chi connectivity index (χ2n) is 4.81. The predicted molar refractivity (Wildman–Crippen MR) is 60.0 cm³/mol. The van der Waals surface area contributed by atoms with E-state index in [4.69, 9.17) is 4.74 Å². The van der Waals surface area contributed by atoms with Crippen molar-refractivity contribution in [2.75, 3.05) is 7.11 Å². The molecule has 0 heterocycles. The lowest BCUT2D eigenvalue weighted by atomic mass is 9.69. The van der Waals surface area contributed by atoms with E-state index in [9.17, 15) is 5.11 Å². The lowest BCUT2D eigenvalue weighted by Crippen LogP contribution is -2.49. The minimum atomic E-state index is -0.403. The second kappa shape index (κ2) is 3.62. The van der Waals surface area contributed by atoms with Crippen LogP contribution in [-0.4, -0.2) is 24.4 Å². The number of benzene rings is 1. The van der Waals surface area contributed by atoms with Crippen LogP contribution in [0.25, 0.3) is 0 Å². The zero-order valence-electron chi connectivity index (χ0n) is 9.53. The van der Waals surface area contributed by atoms with Crippen molar-refractivity contribution in [3.63, 3.8) is 0 Å². The summed E-state index contributed by atoms with van der Waals surface area (Å²) >= 11 is 0. The van der Waals surface area contributed by atoms with Crippen molar-refractivity contribution in [2.24, 2.45) is 0 Å². The summed E-state index contributed by atoms with van der Waals surface area (Å²) in [4.78, 5) is 0. The maximum absolute atomic E-state index is 10.0. The van der Waals surface area contributed by atoms with Gasteiger partial charge < -0.3 is 9.84 Å². The fourth-order valence-corrected chi connectivity index (χ4v) is 2.75. The van der Waals surface area contributed by atoms with Gasteiger partial charge in [-0.1, -0.05) is 38.1 Å². The minimum Gasteiger partial charge on any atom is -0.390 e. The van der Waals surface area contributed by atoms with Gasteiger partial charge in [0.05, 0.1) is 12.2 Å². The summed E-state index contributed by atoms with van der Waals surface area (Å²) in [5.41, 5.74) is 2.41. The Morgan fingerprint density at radius 2 is 2.00 bits per heavy atom. The highest BCUT2D eigenvalue weighted by molar-refractivity contribution is 5.38. The topological polar surface area (TPSA) is 29.5 Å². The number of aliphatic hydroxyl groups excluding tert-OH is 1. The van der Waals surface area contributed by atoms with Crippen molar-refractivity contribution in [3.05, 3.63) is 35.4 Å². The molecule has 0 unspecified atom stereocenters. The fraction of sp³-hybridized carbons (Fsp3) is 0.538. The van der Waals surface area contributed by atoms with Crippen molar-refractivity contribution in [3.8, 4) is 0 Å². The van der Waals surface area contributed by atoms with Gasteiger partial charge in [-0.2, -0.15) is 0 Å². The maximum atomic E-state index is 10.0. The third-order valence-electron chi connectivity index (χ3n) is 3.46. The first-order valence-electron chi connectivity index (χ1n) is 5.36. The van der Waals surface area contributed by atoms with Crippen LogP contribution in [0.15, 0.2) is 24.3 Å². The molecule has 0 radical (unpaired) electrons. The summed E-state index contributed by atoms with van der Waals surface area (Å²) in [7, 11) is 1.67. The van der Waals surface area contributed by atoms with Gasteiger partial charge >= 0.3 is 0 Å². The number of hydrogen-bond acceptors (Lipinski definition) is 2. The van der Waals surface area contributed by atoms with Crippen molar-refractivity contribution < 1.29 is 9.84 Å². The Balaban J connectivity index is 2.50. The average molecular weight is 206 g/mol. The molecule has 2 atom stereocenters. The van der Waals surface area contributed by atoms with Crippen LogP contribution in [0.2, 0.25) is 0 Å². The Kier molecular flexibility index (Phi) is 2.57. The van der Waals surface area contributed by atoms with Crippen molar-refractivity contribution >= 4 is 0 Å². The zero-order chi connectivity index (χ0) is 11.1. The van der Waals surface area contributed by atoms with Gasteiger partial charge in [0.15, 0.2) is 0 Å². The molecule has 1 aliphatic rings. The Hall–Kier alpha value is -0.860. The molecule has 1 aliphatic carbocycles. The normalized spacial score (nSPS) is 28.5. The zero-order valence-corrected chi connectivity index (χ0v) is 9.53. The fourth-order valence-electron chi connectivity index (χ4n) is 2.75. The highest BCUT2D eigenvalue weighted by Gasteiger charge is 2.41. The Morgan fingerprint density at radius 3 is 2.67 bits per heavy atom. The first kappa shape index (κ1) is 10.7. The first-order chi connectivity index (χ1) is 7.07. The van der Waals surface area contributed by atoms with Gasteiger partial charge in [0, 0.05) is 18.9 Å². The third-order valence-corrected chi connectivity index (χ3v) is 3.46. The first-order valence-corrected chi connectivity index (χ1v) is 5.36. The van der Waals surface area contributed by atoms with Crippen molar-refractivity contribution in [1.82, 2.24) is 0 Å². The van der Waals surface area contributed by atoms with Crippen LogP contribution < -0.4 is 0 Å². The molecule has 82 valence electrons. The second-order valence-corrected chi connectivity index (χ2v) is 4.81. The molecule has 0 aliphatic heterocycles. The molecule has 0 amide bonds. The van der Waals surface area contributed by atoms with Crippen LogP contribution >= 0.6 is 0 Å². The lowest BCUT2D eigenvalue weighted by Gasteiger charge is -2.42. The molecule has 0 fully saturated rings. The quantitative estimate of drug-likeness (QED) is 0.760. The summed E-state index contributed by atoms with van der Waals surface area (Å²) in [5, 5.41) is 10.0. The molecule has 0 saturated heterocycles. The molecule has 0 saturated carbocycles. The van der Waals surface area contributed by atoms with E-state index in [1.807, 2.05) is 12.1 Å². The predicted octanol–water partition coefficient (Wildman–Crippen LogP) is 1.90. The van der Waals surface area contributed by atoms with E-state index >= 15 is 0 Å². The van der Waals surface area contributed by atoms with Crippen molar-refractivity contribution in [1.29, 1.82) is 0 Å². The highest BCUT2D eigenvalue weighted by atomic mass is 16.5. The van der Waals surface area contributed by atoms with E-state index in [-0.39, 0.29) is 11.5 Å². The number of hydrogen-bond donors (Lipinski definition) is 1. The van der Waals surface area contributed by atoms with Crippen molar-refractivity contribution in [2.45, 2.75) is 37.9 Å². The van der Waals surface area contributed by atoms with Crippen LogP contribution in [0.4, 0.5) is 0 Å². The Bertz CT molecular complexity index is 357. The van der Waals surface area contributed by atoms with Gasteiger partial charge in [-0.3, -0.25) is 0 Å². The van der Waals surface area contributed by atoms with Crippen LogP contribution in [0, 0.1) is 0 Å². The van der Waals surface area contributed by atoms with Gasteiger partial charge in [0.2, 0.25) is 0 Å². The summed E-state index contributed by atoms with van der Waals surface area (Å²) in [6.45, 7) is 4.25. The number of aliphatic hydroxyl groups is 1. The summed E-state index contributed by atoms with van der Waals surface area (Å²) in [6, 6.07) is 8.29. The number of methoxy groups -OCH3 is 1. The smallest absolute Gasteiger partial charge is 0.0924 e. The number of ether oxygens (including phenoxy) is 1. The van der Waals surface area contributed by atoms with Crippen LogP contribution in [-0.2, 0) is 16.6 Å². The molecule has 1 aromatic carbocycles. The van der Waals surface area contributed by atoms with Crippen LogP contribution in [0.3, 0.4) is 0 Å². The third kappa shape index (κ3) is 1.58. The van der Waals surface area contributed by atoms with Gasteiger partial charge in [-0.05, 0) is 11.1 Å². The van der Waals surface area contributed by atoms with Gasteiger partial charge in [-0.15, -0.1) is 0 Å². The molecule has 0 spiro atoms. The van der Waals surface area contributed by atoms with Gasteiger partial charge in [0.1, 0.15) is 0 Å². The van der Waals surface area contributed by atoms with E-state index in [2.05, 4.69) is 26.0 Å². The monoisotopic (exact) mass is 206 g/mol. The van der Waals surface area contributed by atoms with Crippen LogP contribution in [0.5, 0.6) is 0 Å².